The maximum absolute atomic E-state index is 11.9. The Morgan fingerprint density at radius 3 is 2.12 bits per heavy atom. The van der Waals surface area contributed by atoms with Gasteiger partial charge in [0.1, 0.15) is 4.92 Å². The summed E-state index contributed by atoms with van der Waals surface area (Å²) >= 11 is 0. The first-order valence-corrected chi connectivity index (χ1v) is 6.73. The number of nitro groups is 1. The number of carbonyl (C=O) groups excluding carboxylic acids is 2. The van der Waals surface area contributed by atoms with E-state index < -0.39 is 28.6 Å². The smallest absolute Gasteiger partial charge is 0.433 e. The third kappa shape index (κ3) is 5.03. The van der Waals surface area contributed by atoms with Crippen molar-refractivity contribution in [2.24, 2.45) is 0 Å². The van der Waals surface area contributed by atoms with Crippen molar-refractivity contribution in [3.8, 4) is 0 Å². The van der Waals surface area contributed by atoms with Gasteiger partial charge in [-0.3, -0.25) is 19.7 Å². The highest BCUT2D eigenvalue weighted by Crippen LogP contribution is 2.18. The summed E-state index contributed by atoms with van der Waals surface area (Å²) in [4.78, 5) is 43.4. The number of carboxylic acid groups (broad SMARTS) is 1. The molecule has 0 saturated heterocycles. The minimum Gasteiger partial charge on any atom is -0.478 e. The van der Waals surface area contributed by atoms with Crippen molar-refractivity contribution in [3.63, 3.8) is 0 Å². The van der Waals surface area contributed by atoms with Crippen LogP contribution >= 0.6 is 0 Å². The lowest BCUT2D eigenvalue weighted by molar-refractivity contribution is -0.402. The number of nitrogens with one attached hydrogen (secondary N) is 2. The fraction of sp³-hybridized carbons (Fsp3) is 0. The van der Waals surface area contributed by atoms with E-state index in [2.05, 4.69) is 10.6 Å². The number of rotatable bonds is 6. The van der Waals surface area contributed by atoms with E-state index in [0.717, 1.165) is 12.1 Å². The molecule has 0 radical (unpaired) electrons. The van der Waals surface area contributed by atoms with Gasteiger partial charge in [-0.2, -0.15) is 0 Å². The normalized spacial score (nSPS) is 10.4. The van der Waals surface area contributed by atoms with E-state index in [1.54, 1.807) is 0 Å². The number of nitrogens with zero attached hydrogens (tertiary/aromatic N) is 1. The number of carbonyl (C=O) groups is 3. The van der Waals surface area contributed by atoms with Crippen molar-refractivity contribution in [1.82, 2.24) is 0 Å². The van der Waals surface area contributed by atoms with Crippen LogP contribution in [0.15, 0.2) is 53.0 Å². The number of hydrogen-bond donors (Lipinski definition) is 3. The molecule has 10 nitrogen and oxygen atoms in total. The predicted octanol–water partition coefficient (Wildman–Crippen LogP) is 2.02. The van der Waals surface area contributed by atoms with Crippen LogP contribution in [0.25, 0.3) is 0 Å². The second-order valence-electron chi connectivity index (χ2n) is 4.59. The molecule has 0 bridgehead atoms. The van der Waals surface area contributed by atoms with E-state index in [9.17, 15) is 24.5 Å². The van der Waals surface area contributed by atoms with Crippen LogP contribution in [0.2, 0.25) is 0 Å². The van der Waals surface area contributed by atoms with Gasteiger partial charge in [-0.15, -0.1) is 0 Å². The summed E-state index contributed by atoms with van der Waals surface area (Å²) in [5, 5.41) is 23.8. The van der Waals surface area contributed by atoms with Crippen molar-refractivity contribution in [1.29, 1.82) is 0 Å². The molecule has 2 aromatic rings. The van der Waals surface area contributed by atoms with Crippen molar-refractivity contribution in [2.45, 2.75) is 0 Å². The molecule has 0 fully saturated rings. The van der Waals surface area contributed by atoms with Gasteiger partial charge in [0, 0.05) is 23.5 Å². The molecular weight excluding hydrogens is 334 g/mol. The third-order valence-corrected chi connectivity index (χ3v) is 2.78. The number of hydrogen-bond acceptors (Lipinski definition) is 6. The Bertz CT molecular complexity index is 852. The zero-order valence-corrected chi connectivity index (χ0v) is 12.5. The summed E-state index contributed by atoms with van der Waals surface area (Å²) in [6.07, 6.45) is 1.56. The lowest BCUT2D eigenvalue weighted by atomic mass is 10.2. The van der Waals surface area contributed by atoms with Crippen LogP contribution in [0.3, 0.4) is 0 Å². The molecule has 0 aliphatic carbocycles. The van der Waals surface area contributed by atoms with Crippen molar-refractivity contribution >= 4 is 35.0 Å². The maximum atomic E-state index is 11.9. The third-order valence-electron chi connectivity index (χ3n) is 2.78. The van der Waals surface area contributed by atoms with Gasteiger partial charge >= 0.3 is 11.9 Å². The van der Waals surface area contributed by atoms with Gasteiger partial charge in [-0.05, 0) is 30.3 Å². The molecule has 128 valence electrons. The van der Waals surface area contributed by atoms with E-state index >= 15 is 0 Å². The molecule has 2 amide bonds. The van der Waals surface area contributed by atoms with Crippen LogP contribution in [-0.4, -0.2) is 27.8 Å². The number of anilines is 2. The van der Waals surface area contributed by atoms with Crippen LogP contribution in [0, 0.1) is 10.1 Å². The quantitative estimate of drug-likeness (QED) is 0.411. The molecule has 0 unspecified atom stereocenters. The van der Waals surface area contributed by atoms with Gasteiger partial charge in [-0.1, -0.05) is 0 Å². The molecule has 10 heteroatoms. The summed E-state index contributed by atoms with van der Waals surface area (Å²) in [5.74, 6) is -3.30. The van der Waals surface area contributed by atoms with E-state index in [1.807, 2.05) is 0 Å². The maximum Gasteiger partial charge on any atom is 0.433 e. The SMILES string of the molecule is O=C(O)/C=C/C(=O)Nc1ccc(NC(=O)c2ccc([N+](=O)[O-])o2)cc1. The highest BCUT2D eigenvalue weighted by atomic mass is 16.6. The van der Waals surface area contributed by atoms with Crippen LogP contribution in [0.4, 0.5) is 17.3 Å². The number of amides is 2. The van der Waals surface area contributed by atoms with Gasteiger partial charge in [0.15, 0.2) is 5.76 Å². The zero-order chi connectivity index (χ0) is 18.4. The zero-order valence-electron chi connectivity index (χ0n) is 12.5. The molecule has 1 aromatic carbocycles. The average Bonchev–Trinajstić information content (AvgIpc) is 3.05. The molecular formula is C15H11N3O7. The van der Waals surface area contributed by atoms with Crippen LogP contribution in [0.5, 0.6) is 0 Å². The summed E-state index contributed by atoms with van der Waals surface area (Å²) < 4.78 is 4.78. The van der Waals surface area contributed by atoms with Crippen LogP contribution in [-0.2, 0) is 9.59 Å². The Balaban J connectivity index is 1.97. The first-order valence-electron chi connectivity index (χ1n) is 6.73. The summed E-state index contributed by atoms with van der Waals surface area (Å²) in [6, 6.07) is 8.16. The van der Waals surface area contributed by atoms with Gasteiger partial charge in [0.05, 0.1) is 6.07 Å². The van der Waals surface area contributed by atoms with Crippen molar-refractivity contribution in [2.75, 3.05) is 10.6 Å². The number of aliphatic carboxylic acids is 1. The topological polar surface area (TPSA) is 152 Å². The molecule has 2 rings (SSSR count). The van der Waals surface area contributed by atoms with Crippen molar-refractivity contribution in [3.05, 3.63) is 64.4 Å². The van der Waals surface area contributed by atoms with Crippen LogP contribution in [0.1, 0.15) is 10.6 Å². The summed E-state index contributed by atoms with van der Waals surface area (Å²) in [6.45, 7) is 0. The van der Waals surface area contributed by atoms with Crippen molar-refractivity contribution < 1.29 is 28.8 Å². The van der Waals surface area contributed by atoms with Gasteiger partial charge in [0.25, 0.3) is 5.91 Å². The highest BCUT2D eigenvalue weighted by molar-refractivity contribution is 6.03. The van der Waals surface area contributed by atoms with Gasteiger partial charge < -0.3 is 20.2 Å². The molecule has 1 heterocycles. The minimum absolute atomic E-state index is 0.220. The van der Waals surface area contributed by atoms with E-state index in [0.29, 0.717) is 17.5 Å². The van der Waals surface area contributed by atoms with Gasteiger partial charge in [-0.25, -0.2) is 4.79 Å². The average molecular weight is 345 g/mol. The summed E-state index contributed by atoms with van der Waals surface area (Å²) in [5.41, 5.74) is 0.745. The molecule has 3 N–H and O–H groups in total. The number of furan rings is 1. The lowest BCUT2D eigenvalue weighted by Crippen LogP contribution is -2.11. The van der Waals surface area contributed by atoms with E-state index in [-0.39, 0.29) is 5.76 Å². The lowest BCUT2D eigenvalue weighted by Gasteiger charge is -2.05. The molecule has 0 saturated carbocycles. The first kappa shape index (κ1) is 17.4. The van der Waals surface area contributed by atoms with Crippen LogP contribution < -0.4 is 10.6 Å². The Morgan fingerprint density at radius 2 is 1.60 bits per heavy atom. The Labute approximate surface area is 139 Å². The molecule has 0 aliphatic rings. The second kappa shape index (κ2) is 7.55. The Kier molecular flexibility index (Phi) is 5.25. The minimum atomic E-state index is -1.24. The molecule has 0 atom stereocenters. The molecule has 0 spiro atoms. The van der Waals surface area contributed by atoms with E-state index in [1.165, 1.54) is 30.3 Å². The second-order valence-corrected chi connectivity index (χ2v) is 4.59. The first-order chi connectivity index (χ1) is 11.8. The Hall–Kier alpha value is -3.95. The predicted molar refractivity (Wildman–Crippen MR) is 85.2 cm³/mol. The fourth-order valence-corrected chi connectivity index (χ4v) is 1.71. The summed E-state index contributed by atoms with van der Waals surface area (Å²) in [7, 11) is 0. The molecule has 0 aliphatic heterocycles. The highest BCUT2D eigenvalue weighted by Gasteiger charge is 2.17. The largest absolute Gasteiger partial charge is 0.478 e. The Morgan fingerprint density at radius 1 is 1.00 bits per heavy atom. The number of benzene rings is 1. The standard InChI is InChI=1S/C15H11N3O7/c19-12(6-8-14(20)21)16-9-1-3-10(4-2-9)17-15(22)11-5-7-13(25-11)18(23)24/h1-8H,(H,16,19)(H,17,22)(H,20,21)/b8-6+. The number of carboxylic acids is 1. The monoisotopic (exact) mass is 345 g/mol. The van der Waals surface area contributed by atoms with E-state index in [4.69, 9.17) is 9.52 Å². The van der Waals surface area contributed by atoms with Gasteiger partial charge in [0.2, 0.25) is 5.91 Å². The molecule has 25 heavy (non-hydrogen) atoms. The fourth-order valence-electron chi connectivity index (χ4n) is 1.71. The molecule has 1 aromatic heterocycles.